The number of fused-ring (bicyclic) bond motifs is 1. The van der Waals surface area contributed by atoms with Crippen molar-refractivity contribution in [3.8, 4) is 0 Å². The van der Waals surface area contributed by atoms with E-state index in [4.69, 9.17) is 10.5 Å². The number of hydrogen-bond acceptors (Lipinski definition) is 7. The lowest BCUT2D eigenvalue weighted by atomic mass is 10.2. The second kappa shape index (κ2) is 5.94. The summed E-state index contributed by atoms with van der Waals surface area (Å²) in [6.07, 6.45) is -0.0248. The molecule has 21 heavy (non-hydrogen) atoms. The number of carbonyl (C=O) groups is 2. The molecule has 2 rings (SSSR count). The Morgan fingerprint density at radius 2 is 2.14 bits per heavy atom. The maximum atomic E-state index is 12.0. The maximum Gasteiger partial charge on any atom is 0.415 e. The number of aromatic nitrogens is 2. The van der Waals surface area contributed by atoms with E-state index >= 15 is 0 Å². The summed E-state index contributed by atoms with van der Waals surface area (Å²) in [5.41, 5.74) is 6.60. The van der Waals surface area contributed by atoms with Crippen molar-refractivity contribution in [2.75, 3.05) is 24.4 Å². The highest BCUT2D eigenvalue weighted by Gasteiger charge is 2.35. The van der Waals surface area contributed by atoms with Gasteiger partial charge in [-0.25, -0.2) is 14.8 Å². The van der Waals surface area contributed by atoms with Gasteiger partial charge in [0.25, 0.3) is 0 Å². The molecule has 1 atom stereocenters. The molecule has 1 amide bonds. The predicted octanol–water partition coefficient (Wildman–Crippen LogP) is 0.682. The molecule has 0 saturated heterocycles. The fourth-order valence-corrected chi connectivity index (χ4v) is 2.27. The minimum absolute atomic E-state index is 0.0982. The normalized spacial score (nSPS) is 16.5. The molecule has 0 spiro atoms. The lowest BCUT2D eigenvalue weighted by Crippen LogP contribution is -2.36. The molecule has 0 radical (unpaired) electrons. The molecular formula is C13H18N4O4. The summed E-state index contributed by atoms with van der Waals surface area (Å²) in [7, 11) is 1.28. The largest absolute Gasteiger partial charge is 0.469 e. The summed E-state index contributed by atoms with van der Waals surface area (Å²) in [6, 6.07) is -0.121. The molecule has 0 aliphatic carbocycles. The molecule has 0 fully saturated rings. The van der Waals surface area contributed by atoms with Crippen LogP contribution < -0.4 is 10.6 Å². The van der Waals surface area contributed by atoms with Crippen LogP contribution in [0.2, 0.25) is 0 Å². The second-order valence-corrected chi connectivity index (χ2v) is 4.70. The zero-order chi connectivity index (χ0) is 15.6. The zero-order valence-electron chi connectivity index (χ0n) is 12.3. The fraction of sp³-hybridized carbons (Fsp3) is 0.538. The smallest absolute Gasteiger partial charge is 0.415 e. The first-order valence-corrected chi connectivity index (χ1v) is 6.66. The quantitative estimate of drug-likeness (QED) is 0.817. The number of nitrogen functional groups attached to an aromatic ring is 1. The first-order valence-electron chi connectivity index (χ1n) is 6.66. The Hall–Kier alpha value is -2.38. The van der Waals surface area contributed by atoms with Crippen molar-refractivity contribution < 1.29 is 19.1 Å². The van der Waals surface area contributed by atoms with Crippen molar-refractivity contribution in [2.45, 2.75) is 32.7 Å². The van der Waals surface area contributed by atoms with Crippen molar-refractivity contribution in [1.82, 2.24) is 9.97 Å². The number of ether oxygens (including phenoxy) is 2. The second-order valence-electron chi connectivity index (χ2n) is 4.70. The standard InChI is InChI=1S/C13H18N4O4/c1-4-21-13(19)17-7(2)5-8-11(14)15-9(16-12(8)17)6-10(18)20-3/h7H,4-6H2,1-3H3,(H2,14,15,16)/t7-/m0/s1. The first kappa shape index (κ1) is 15.0. The van der Waals surface area contributed by atoms with Crippen molar-refractivity contribution in [2.24, 2.45) is 0 Å². The number of nitrogens with two attached hydrogens (primary N) is 1. The molecule has 2 N–H and O–H groups in total. The van der Waals surface area contributed by atoms with Crippen LogP contribution in [0.5, 0.6) is 0 Å². The van der Waals surface area contributed by atoms with Gasteiger partial charge in [0.1, 0.15) is 23.9 Å². The summed E-state index contributed by atoms with van der Waals surface area (Å²) >= 11 is 0. The summed E-state index contributed by atoms with van der Waals surface area (Å²) in [6.45, 7) is 3.88. The Morgan fingerprint density at radius 3 is 2.76 bits per heavy atom. The predicted molar refractivity (Wildman–Crippen MR) is 74.8 cm³/mol. The van der Waals surface area contributed by atoms with E-state index in [0.29, 0.717) is 17.8 Å². The summed E-state index contributed by atoms with van der Waals surface area (Å²) in [5.74, 6) is 0.439. The molecular weight excluding hydrogens is 276 g/mol. The van der Waals surface area contributed by atoms with Gasteiger partial charge >= 0.3 is 12.1 Å². The molecule has 8 nitrogen and oxygen atoms in total. The van der Waals surface area contributed by atoms with Gasteiger partial charge in [0.15, 0.2) is 0 Å². The van der Waals surface area contributed by atoms with Gasteiger partial charge < -0.3 is 15.2 Å². The Balaban J connectivity index is 2.37. The number of carbonyl (C=O) groups excluding carboxylic acids is 2. The lowest BCUT2D eigenvalue weighted by molar-refractivity contribution is -0.139. The van der Waals surface area contributed by atoms with E-state index in [-0.39, 0.29) is 30.7 Å². The molecule has 0 saturated carbocycles. The molecule has 1 aliphatic heterocycles. The average molecular weight is 294 g/mol. The maximum absolute atomic E-state index is 12.0. The van der Waals surface area contributed by atoms with E-state index in [2.05, 4.69) is 14.7 Å². The van der Waals surface area contributed by atoms with Crippen LogP contribution in [0.3, 0.4) is 0 Å². The number of hydrogen-bond donors (Lipinski definition) is 1. The highest BCUT2D eigenvalue weighted by molar-refractivity contribution is 5.90. The monoisotopic (exact) mass is 294 g/mol. The summed E-state index contributed by atoms with van der Waals surface area (Å²) in [5, 5.41) is 0. The SMILES string of the molecule is CCOC(=O)N1c2nc(CC(=O)OC)nc(N)c2C[C@@H]1C. The molecule has 8 heteroatoms. The minimum Gasteiger partial charge on any atom is -0.469 e. The number of methoxy groups -OCH3 is 1. The van der Waals surface area contributed by atoms with Gasteiger partial charge in [-0.1, -0.05) is 0 Å². The van der Waals surface area contributed by atoms with Gasteiger partial charge in [-0.15, -0.1) is 0 Å². The number of amides is 1. The van der Waals surface area contributed by atoms with E-state index < -0.39 is 12.1 Å². The molecule has 1 aliphatic rings. The van der Waals surface area contributed by atoms with Crippen LogP contribution in [0.25, 0.3) is 0 Å². The van der Waals surface area contributed by atoms with Crippen LogP contribution in [-0.4, -0.2) is 41.8 Å². The Bertz CT molecular complexity index is 576. The van der Waals surface area contributed by atoms with Crippen molar-refractivity contribution >= 4 is 23.7 Å². The van der Waals surface area contributed by atoms with E-state index in [9.17, 15) is 9.59 Å². The lowest BCUT2D eigenvalue weighted by Gasteiger charge is -2.20. The fourth-order valence-electron chi connectivity index (χ4n) is 2.27. The van der Waals surface area contributed by atoms with Crippen LogP contribution in [-0.2, 0) is 27.1 Å². The van der Waals surface area contributed by atoms with Gasteiger partial charge in [0.05, 0.1) is 13.7 Å². The third kappa shape index (κ3) is 2.88. The van der Waals surface area contributed by atoms with Gasteiger partial charge in [0.2, 0.25) is 0 Å². The highest BCUT2D eigenvalue weighted by Crippen LogP contribution is 2.33. The Labute approximate surface area is 122 Å². The van der Waals surface area contributed by atoms with Crippen LogP contribution in [0.15, 0.2) is 0 Å². The molecule has 1 aromatic rings. The molecule has 114 valence electrons. The van der Waals surface area contributed by atoms with Gasteiger partial charge in [-0.2, -0.15) is 0 Å². The first-order chi connectivity index (χ1) is 9.97. The van der Waals surface area contributed by atoms with Crippen LogP contribution in [0, 0.1) is 0 Å². The molecule has 2 heterocycles. The number of nitrogens with zero attached hydrogens (tertiary/aromatic N) is 3. The summed E-state index contributed by atoms with van der Waals surface area (Å²) in [4.78, 5) is 33.2. The van der Waals surface area contributed by atoms with Crippen LogP contribution in [0.1, 0.15) is 25.2 Å². The molecule has 1 aromatic heterocycles. The number of rotatable bonds is 3. The third-order valence-electron chi connectivity index (χ3n) is 3.23. The van der Waals surface area contributed by atoms with Crippen molar-refractivity contribution in [1.29, 1.82) is 0 Å². The van der Waals surface area contributed by atoms with E-state index in [1.165, 1.54) is 12.0 Å². The van der Waals surface area contributed by atoms with E-state index in [0.717, 1.165) is 0 Å². The third-order valence-corrected chi connectivity index (χ3v) is 3.23. The zero-order valence-corrected chi connectivity index (χ0v) is 12.3. The average Bonchev–Trinajstić information content (AvgIpc) is 2.76. The molecule has 0 aromatic carbocycles. The topological polar surface area (TPSA) is 108 Å². The summed E-state index contributed by atoms with van der Waals surface area (Å²) < 4.78 is 9.61. The Morgan fingerprint density at radius 1 is 1.43 bits per heavy atom. The molecule has 0 bridgehead atoms. The van der Waals surface area contributed by atoms with Crippen molar-refractivity contribution in [3.05, 3.63) is 11.4 Å². The number of esters is 1. The van der Waals surface area contributed by atoms with Gasteiger partial charge in [-0.3, -0.25) is 9.69 Å². The van der Waals surface area contributed by atoms with Crippen molar-refractivity contribution in [3.63, 3.8) is 0 Å². The van der Waals surface area contributed by atoms with Crippen LogP contribution in [0.4, 0.5) is 16.4 Å². The molecule has 0 unspecified atom stereocenters. The van der Waals surface area contributed by atoms with E-state index in [1.807, 2.05) is 6.92 Å². The van der Waals surface area contributed by atoms with Crippen LogP contribution >= 0.6 is 0 Å². The number of anilines is 2. The Kier molecular flexibility index (Phi) is 4.25. The minimum atomic E-state index is -0.481. The van der Waals surface area contributed by atoms with Gasteiger partial charge in [0, 0.05) is 18.0 Å². The van der Waals surface area contributed by atoms with Gasteiger partial charge in [-0.05, 0) is 13.8 Å². The highest BCUT2D eigenvalue weighted by atomic mass is 16.6. The van der Waals surface area contributed by atoms with E-state index in [1.54, 1.807) is 6.92 Å².